The van der Waals surface area contributed by atoms with Crippen molar-refractivity contribution >= 4 is 5.78 Å². The lowest BCUT2D eigenvalue weighted by Gasteiger charge is -2.35. The largest absolute Gasteiger partial charge is 0.416 e. The van der Waals surface area contributed by atoms with Crippen molar-refractivity contribution in [3.8, 4) is 0 Å². The van der Waals surface area contributed by atoms with Crippen molar-refractivity contribution in [1.82, 2.24) is 4.90 Å². The van der Waals surface area contributed by atoms with Gasteiger partial charge >= 0.3 is 6.18 Å². The summed E-state index contributed by atoms with van der Waals surface area (Å²) in [5.41, 5.74) is -0.0426. The van der Waals surface area contributed by atoms with Crippen LogP contribution in [-0.2, 0) is 17.4 Å². The third-order valence-electron chi connectivity index (χ3n) is 4.22. The van der Waals surface area contributed by atoms with Crippen LogP contribution in [0.25, 0.3) is 0 Å². The molecule has 0 saturated heterocycles. The highest BCUT2D eigenvalue weighted by Crippen LogP contribution is 2.29. The predicted molar refractivity (Wildman–Crippen MR) is 91.2 cm³/mol. The van der Waals surface area contributed by atoms with Gasteiger partial charge in [-0.05, 0) is 44.4 Å². The third kappa shape index (κ3) is 6.42. The van der Waals surface area contributed by atoms with Crippen LogP contribution in [-0.4, -0.2) is 36.0 Å². The van der Waals surface area contributed by atoms with Crippen molar-refractivity contribution < 1.29 is 22.4 Å². The summed E-state index contributed by atoms with van der Waals surface area (Å²) >= 11 is 0. The monoisotopic (exact) mass is 361 g/mol. The molecular weight excluding hydrogens is 334 g/mol. The van der Waals surface area contributed by atoms with Crippen molar-refractivity contribution in [2.45, 2.75) is 58.8 Å². The number of Topliss-reactive ketones (excluding diaryl/α,β-unsaturated/α-hetero) is 1. The molecule has 0 unspecified atom stereocenters. The Hall–Kier alpha value is -1.43. The maximum absolute atomic E-state index is 12.7. The van der Waals surface area contributed by atoms with Crippen molar-refractivity contribution in [3.05, 3.63) is 35.4 Å². The molecule has 0 fully saturated rings. The number of benzene rings is 1. The first-order valence-corrected chi connectivity index (χ1v) is 8.59. The minimum Gasteiger partial charge on any atom is -0.298 e. The van der Waals surface area contributed by atoms with Crippen LogP contribution >= 0.6 is 0 Å². The van der Waals surface area contributed by atoms with Gasteiger partial charge in [0.05, 0.1) is 18.3 Å². The van der Waals surface area contributed by atoms with E-state index in [-0.39, 0.29) is 17.7 Å². The topological polar surface area (TPSA) is 20.3 Å². The Morgan fingerprint density at radius 2 is 1.64 bits per heavy atom. The first-order chi connectivity index (χ1) is 11.6. The van der Waals surface area contributed by atoms with E-state index in [9.17, 15) is 22.4 Å². The summed E-state index contributed by atoms with van der Waals surface area (Å²) in [4.78, 5) is 14.6. The van der Waals surface area contributed by atoms with Crippen LogP contribution in [0.2, 0.25) is 0 Å². The number of alkyl halides is 4. The second-order valence-electron chi connectivity index (χ2n) is 6.85. The molecule has 0 aliphatic heterocycles. The molecule has 0 N–H and O–H groups in total. The number of carbonyl (C=O) groups is 1. The molecule has 1 rings (SSSR count). The number of hydrogen-bond donors (Lipinski definition) is 0. The van der Waals surface area contributed by atoms with E-state index in [0.29, 0.717) is 24.9 Å². The van der Waals surface area contributed by atoms with Gasteiger partial charge in [0.15, 0.2) is 5.78 Å². The number of carbonyl (C=O) groups excluding carboxylic acids is 1. The van der Waals surface area contributed by atoms with E-state index in [1.165, 1.54) is 12.1 Å². The summed E-state index contributed by atoms with van der Waals surface area (Å²) in [7, 11) is 0. The average molecular weight is 361 g/mol. The molecule has 0 amide bonds. The summed E-state index contributed by atoms with van der Waals surface area (Å²) in [5.74, 6) is -0.182. The maximum atomic E-state index is 12.7. The molecular formula is C19H27F4NO. The lowest BCUT2D eigenvalue weighted by Crippen LogP contribution is -2.48. The van der Waals surface area contributed by atoms with Crippen LogP contribution in [0.1, 0.15) is 45.2 Å². The first kappa shape index (κ1) is 21.6. The van der Waals surface area contributed by atoms with E-state index in [1.807, 2.05) is 18.7 Å². The summed E-state index contributed by atoms with van der Waals surface area (Å²) in [5, 5.41) is 0. The van der Waals surface area contributed by atoms with E-state index < -0.39 is 24.5 Å². The second kappa shape index (κ2) is 9.32. The minimum absolute atomic E-state index is 0.0208. The van der Waals surface area contributed by atoms with Crippen molar-refractivity contribution in [3.63, 3.8) is 0 Å². The zero-order valence-electron chi connectivity index (χ0n) is 15.2. The highest BCUT2D eigenvalue weighted by Gasteiger charge is 2.31. The molecule has 142 valence electrons. The van der Waals surface area contributed by atoms with Crippen LogP contribution in [0, 0.1) is 5.92 Å². The van der Waals surface area contributed by atoms with Crippen LogP contribution in [0.5, 0.6) is 0 Å². The molecule has 1 atom stereocenters. The Kier molecular flexibility index (Phi) is 8.06. The molecule has 6 heteroatoms. The number of halogens is 4. The smallest absolute Gasteiger partial charge is 0.298 e. The molecule has 0 bridgehead atoms. The molecule has 1 aromatic rings. The fourth-order valence-electron chi connectivity index (χ4n) is 2.84. The highest BCUT2D eigenvalue weighted by atomic mass is 19.4. The van der Waals surface area contributed by atoms with E-state index in [1.54, 1.807) is 13.8 Å². The van der Waals surface area contributed by atoms with Gasteiger partial charge in [0.25, 0.3) is 0 Å². The lowest BCUT2D eigenvalue weighted by molar-refractivity contribution is -0.137. The second-order valence-corrected chi connectivity index (χ2v) is 6.85. The SMILES string of the molecule is CC(C)C(=O)[C@H](Cc1ccc(C(F)(F)F)cc1)N(CCCF)C(C)C. The Labute approximate surface area is 147 Å². The normalized spacial score (nSPS) is 13.7. The first-order valence-electron chi connectivity index (χ1n) is 8.59. The molecule has 25 heavy (non-hydrogen) atoms. The molecule has 0 aliphatic carbocycles. The Morgan fingerprint density at radius 1 is 1.08 bits per heavy atom. The van der Waals surface area contributed by atoms with Gasteiger partial charge in [0, 0.05) is 18.5 Å². The number of rotatable bonds is 9. The van der Waals surface area contributed by atoms with Gasteiger partial charge in [0.2, 0.25) is 0 Å². The maximum Gasteiger partial charge on any atom is 0.416 e. The molecule has 0 spiro atoms. The summed E-state index contributed by atoms with van der Waals surface area (Å²) in [6, 6.07) is 4.46. The lowest BCUT2D eigenvalue weighted by atomic mass is 9.93. The van der Waals surface area contributed by atoms with E-state index in [4.69, 9.17) is 0 Å². The molecule has 0 heterocycles. The number of hydrogen-bond acceptors (Lipinski definition) is 2. The van der Waals surface area contributed by atoms with Crippen molar-refractivity contribution in [2.24, 2.45) is 5.92 Å². The Bertz CT molecular complexity index is 537. The van der Waals surface area contributed by atoms with Gasteiger partial charge in [-0.25, -0.2) is 0 Å². The van der Waals surface area contributed by atoms with Crippen LogP contribution < -0.4 is 0 Å². The quantitative estimate of drug-likeness (QED) is 0.583. The van der Waals surface area contributed by atoms with Gasteiger partial charge < -0.3 is 0 Å². The third-order valence-corrected chi connectivity index (χ3v) is 4.22. The van der Waals surface area contributed by atoms with Crippen LogP contribution in [0.4, 0.5) is 17.6 Å². The summed E-state index contributed by atoms with van der Waals surface area (Å²) < 4.78 is 50.7. The van der Waals surface area contributed by atoms with Crippen molar-refractivity contribution in [1.29, 1.82) is 0 Å². The standard InChI is InChI=1S/C19H27F4NO/c1-13(2)18(25)17(24(14(3)4)11-5-10-20)12-15-6-8-16(9-7-15)19(21,22)23/h6-9,13-14,17H,5,10-12H2,1-4H3/t17-/m0/s1. The fourth-order valence-corrected chi connectivity index (χ4v) is 2.84. The average Bonchev–Trinajstić information content (AvgIpc) is 2.52. The Balaban J connectivity index is 3.05. The van der Waals surface area contributed by atoms with Gasteiger partial charge in [-0.2, -0.15) is 13.2 Å². The molecule has 2 nitrogen and oxygen atoms in total. The van der Waals surface area contributed by atoms with Crippen LogP contribution in [0.3, 0.4) is 0 Å². The molecule has 0 aromatic heterocycles. The molecule has 0 saturated carbocycles. The van der Waals surface area contributed by atoms with E-state index in [2.05, 4.69) is 0 Å². The zero-order valence-corrected chi connectivity index (χ0v) is 15.2. The number of ketones is 1. The minimum atomic E-state index is -4.38. The zero-order chi connectivity index (χ0) is 19.2. The van der Waals surface area contributed by atoms with E-state index in [0.717, 1.165) is 12.1 Å². The molecule has 0 aliphatic rings. The molecule has 1 aromatic carbocycles. The Morgan fingerprint density at radius 3 is 2.04 bits per heavy atom. The molecule has 0 radical (unpaired) electrons. The van der Waals surface area contributed by atoms with Gasteiger partial charge in [0.1, 0.15) is 0 Å². The van der Waals surface area contributed by atoms with Gasteiger partial charge in [-0.1, -0.05) is 26.0 Å². The number of nitrogens with zero attached hydrogens (tertiary/aromatic N) is 1. The fraction of sp³-hybridized carbons (Fsp3) is 0.632. The van der Waals surface area contributed by atoms with Crippen molar-refractivity contribution in [2.75, 3.05) is 13.2 Å². The predicted octanol–water partition coefficient (Wildman–Crippen LogP) is 4.91. The highest BCUT2D eigenvalue weighted by molar-refractivity contribution is 5.86. The summed E-state index contributed by atoms with van der Waals surface area (Å²) in [6.45, 7) is 7.45. The summed E-state index contributed by atoms with van der Waals surface area (Å²) in [6.07, 6.45) is -3.73. The van der Waals surface area contributed by atoms with E-state index >= 15 is 0 Å². The van der Waals surface area contributed by atoms with Gasteiger partial charge in [-0.15, -0.1) is 0 Å². The van der Waals surface area contributed by atoms with Crippen LogP contribution in [0.15, 0.2) is 24.3 Å². The van der Waals surface area contributed by atoms with Gasteiger partial charge in [-0.3, -0.25) is 14.1 Å².